The van der Waals surface area contributed by atoms with Gasteiger partial charge in [-0.2, -0.15) is 4.31 Å². The van der Waals surface area contributed by atoms with Crippen LogP contribution in [-0.4, -0.2) is 80.1 Å². The van der Waals surface area contributed by atoms with Crippen LogP contribution in [0.4, 0.5) is 5.82 Å². The summed E-state index contributed by atoms with van der Waals surface area (Å²) in [6.45, 7) is 4.29. The molecule has 2 N–H and O–H groups in total. The summed E-state index contributed by atoms with van der Waals surface area (Å²) in [7, 11) is -3.31. The van der Waals surface area contributed by atoms with Gasteiger partial charge in [-0.1, -0.05) is 6.07 Å². The molecule has 0 aromatic carbocycles. The average molecular weight is 508 g/mol. The van der Waals surface area contributed by atoms with Gasteiger partial charge in [-0.25, -0.2) is 13.4 Å². The number of piperazine rings is 1. The normalized spacial score (nSPS) is 19.6. The van der Waals surface area contributed by atoms with E-state index in [9.17, 15) is 8.42 Å². The molecule has 1 aromatic rings. The van der Waals surface area contributed by atoms with Crippen LogP contribution in [0.15, 0.2) is 29.4 Å². The maximum atomic E-state index is 12.6. The number of aromatic nitrogens is 1. The zero-order valence-electron chi connectivity index (χ0n) is 15.5. The van der Waals surface area contributed by atoms with Crippen molar-refractivity contribution in [2.75, 3.05) is 56.5 Å². The number of aliphatic imine (C=N–C) groups is 1. The van der Waals surface area contributed by atoms with Gasteiger partial charge in [0.05, 0.1) is 12.3 Å². The predicted octanol–water partition coefficient (Wildman–Crippen LogP) is 0.952. The van der Waals surface area contributed by atoms with Crippen LogP contribution >= 0.6 is 24.0 Å². The van der Waals surface area contributed by atoms with Gasteiger partial charge in [-0.05, 0) is 31.4 Å². The third kappa shape index (κ3) is 6.18. The highest BCUT2D eigenvalue weighted by atomic mass is 127. The van der Waals surface area contributed by atoms with E-state index in [4.69, 9.17) is 5.73 Å². The van der Waals surface area contributed by atoms with Crippen LogP contribution in [0.3, 0.4) is 0 Å². The number of hydrogen-bond acceptors (Lipinski definition) is 5. The van der Waals surface area contributed by atoms with Gasteiger partial charge in [0, 0.05) is 45.5 Å². The Bertz CT molecular complexity index is 701. The highest BCUT2D eigenvalue weighted by Gasteiger charge is 2.27. The predicted molar refractivity (Wildman–Crippen MR) is 119 cm³/mol. The lowest BCUT2D eigenvalue weighted by molar-refractivity contribution is 0.338. The number of hydrogen-bond donors (Lipinski definition) is 1. The molecule has 0 bridgehead atoms. The van der Waals surface area contributed by atoms with Crippen LogP contribution in [0, 0.1) is 0 Å². The molecule has 27 heavy (non-hydrogen) atoms. The van der Waals surface area contributed by atoms with Crippen molar-refractivity contribution in [3.8, 4) is 0 Å². The van der Waals surface area contributed by atoms with Crippen LogP contribution < -0.4 is 10.6 Å². The van der Waals surface area contributed by atoms with E-state index in [2.05, 4.69) is 14.9 Å². The van der Waals surface area contributed by atoms with Crippen LogP contribution in [0.25, 0.3) is 0 Å². The molecular formula is C17H29IN6O2S. The van der Waals surface area contributed by atoms with Crippen molar-refractivity contribution in [3.05, 3.63) is 24.4 Å². The van der Waals surface area contributed by atoms with Gasteiger partial charge in [-0.3, -0.25) is 4.99 Å². The van der Waals surface area contributed by atoms with Crippen molar-refractivity contribution in [1.29, 1.82) is 0 Å². The van der Waals surface area contributed by atoms with Gasteiger partial charge in [0.25, 0.3) is 0 Å². The van der Waals surface area contributed by atoms with E-state index in [1.807, 2.05) is 23.1 Å². The molecule has 2 aliphatic rings. The number of piperidine rings is 1. The zero-order valence-corrected chi connectivity index (χ0v) is 18.7. The quantitative estimate of drug-likeness (QED) is 0.362. The monoisotopic (exact) mass is 508 g/mol. The van der Waals surface area contributed by atoms with E-state index in [-0.39, 0.29) is 36.3 Å². The maximum absolute atomic E-state index is 12.6. The van der Waals surface area contributed by atoms with Gasteiger partial charge < -0.3 is 15.5 Å². The van der Waals surface area contributed by atoms with E-state index in [0.717, 1.165) is 31.7 Å². The molecule has 0 amide bonds. The molecule has 0 saturated carbocycles. The first kappa shape index (κ1) is 22.2. The average Bonchev–Trinajstić information content (AvgIpc) is 2.69. The Morgan fingerprint density at radius 2 is 1.78 bits per heavy atom. The fourth-order valence-corrected chi connectivity index (χ4v) is 4.66. The summed E-state index contributed by atoms with van der Waals surface area (Å²) >= 11 is 0. The highest BCUT2D eigenvalue weighted by Crippen LogP contribution is 2.15. The van der Waals surface area contributed by atoms with Crippen molar-refractivity contribution in [2.45, 2.75) is 19.3 Å². The summed E-state index contributed by atoms with van der Waals surface area (Å²) < 4.78 is 26.7. The van der Waals surface area contributed by atoms with Gasteiger partial charge in [0.15, 0.2) is 5.96 Å². The number of pyridine rings is 1. The number of rotatable bonds is 5. The number of nitrogens with zero attached hydrogens (tertiary/aromatic N) is 5. The molecule has 0 spiro atoms. The van der Waals surface area contributed by atoms with E-state index >= 15 is 0 Å². The lowest BCUT2D eigenvalue weighted by Gasteiger charge is -2.34. The van der Waals surface area contributed by atoms with Crippen molar-refractivity contribution in [2.24, 2.45) is 10.7 Å². The third-order valence-corrected chi connectivity index (χ3v) is 6.76. The highest BCUT2D eigenvalue weighted by molar-refractivity contribution is 14.0. The molecule has 0 atom stereocenters. The Labute approximate surface area is 178 Å². The SMILES string of the molecule is I.NC(=NCCS(=O)(=O)N1CCN(c2ccccn2)CC1)N1CCCCC1. The number of sulfonamides is 1. The fourth-order valence-electron chi connectivity index (χ4n) is 3.36. The third-order valence-electron chi connectivity index (χ3n) is 4.91. The minimum Gasteiger partial charge on any atom is -0.370 e. The molecule has 10 heteroatoms. The summed E-state index contributed by atoms with van der Waals surface area (Å²) in [6, 6.07) is 5.76. The number of nitrogens with two attached hydrogens (primary N) is 1. The number of anilines is 1. The molecule has 0 unspecified atom stereocenters. The van der Waals surface area contributed by atoms with Crippen LogP contribution in [-0.2, 0) is 10.0 Å². The second-order valence-electron chi connectivity index (χ2n) is 6.68. The Morgan fingerprint density at radius 3 is 2.41 bits per heavy atom. The Balaban J connectivity index is 0.00000261. The molecule has 8 nitrogen and oxygen atoms in total. The lowest BCUT2D eigenvalue weighted by atomic mass is 10.1. The summed E-state index contributed by atoms with van der Waals surface area (Å²) in [5.74, 6) is 1.37. The van der Waals surface area contributed by atoms with E-state index in [1.165, 1.54) is 6.42 Å². The first-order chi connectivity index (χ1) is 12.6. The Morgan fingerprint density at radius 1 is 1.07 bits per heavy atom. The van der Waals surface area contributed by atoms with E-state index < -0.39 is 10.0 Å². The summed E-state index contributed by atoms with van der Waals surface area (Å²) in [5.41, 5.74) is 5.99. The number of guanidine groups is 1. The second kappa shape index (κ2) is 10.4. The van der Waals surface area contributed by atoms with Crippen molar-refractivity contribution >= 4 is 45.8 Å². The molecule has 2 fully saturated rings. The first-order valence-corrected chi connectivity index (χ1v) is 10.9. The molecule has 2 aliphatic heterocycles. The van der Waals surface area contributed by atoms with Crippen LogP contribution in [0.2, 0.25) is 0 Å². The van der Waals surface area contributed by atoms with E-state index in [0.29, 0.717) is 32.1 Å². The maximum Gasteiger partial charge on any atom is 0.216 e. The fraction of sp³-hybridized carbons (Fsp3) is 0.647. The topological polar surface area (TPSA) is 95.1 Å². The van der Waals surface area contributed by atoms with Crippen molar-refractivity contribution in [3.63, 3.8) is 0 Å². The van der Waals surface area contributed by atoms with E-state index in [1.54, 1.807) is 10.5 Å². The van der Waals surface area contributed by atoms with Crippen molar-refractivity contribution in [1.82, 2.24) is 14.2 Å². The van der Waals surface area contributed by atoms with Gasteiger partial charge >= 0.3 is 0 Å². The van der Waals surface area contributed by atoms with Gasteiger partial charge in [0.2, 0.25) is 10.0 Å². The second-order valence-corrected chi connectivity index (χ2v) is 8.77. The van der Waals surface area contributed by atoms with Crippen molar-refractivity contribution < 1.29 is 8.42 Å². The molecule has 0 aliphatic carbocycles. The summed E-state index contributed by atoms with van der Waals surface area (Å²) in [5, 5.41) is 0. The largest absolute Gasteiger partial charge is 0.370 e. The Kier molecular flexibility index (Phi) is 8.55. The Hall–Kier alpha value is -1.14. The summed E-state index contributed by atoms with van der Waals surface area (Å²) in [4.78, 5) is 12.8. The molecule has 1 aromatic heterocycles. The molecule has 2 saturated heterocycles. The standard InChI is InChI=1S/C17H28N6O2S.HI/c18-17(22-9-4-1-5-10-22)20-8-15-26(24,25)23-13-11-21(12-14-23)16-6-2-3-7-19-16;/h2-3,6-7H,1,4-5,8-15H2,(H2,18,20);1H. The number of likely N-dealkylation sites (tertiary alicyclic amines) is 1. The van der Waals surface area contributed by atoms with Gasteiger partial charge in [-0.15, -0.1) is 24.0 Å². The first-order valence-electron chi connectivity index (χ1n) is 9.25. The number of halogens is 1. The molecule has 3 rings (SSSR count). The zero-order chi connectivity index (χ0) is 18.4. The minimum atomic E-state index is -3.31. The molecular weight excluding hydrogens is 479 g/mol. The molecule has 3 heterocycles. The smallest absolute Gasteiger partial charge is 0.216 e. The summed E-state index contributed by atoms with van der Waals surface area (Å²) in [6.07, 6.45) is 5.22. The molecule has 152 valence electrons. The lowest BCUT2D eigenvalue weighted by Crippen LogP contribution is -2.49. The minimum absolute atomic E-state index is 0. The van der Waals surface area contributed by atoms with Crippen LogP contribution in [0.1, 0.15) is 19.3 Å². The molecule has 0 radical (unpaired) electrons. The van der Waals surface area contributed by atoms with Crippen LogP contribution in [0.5, 0.6) is 0 Å². The van der Waals surface area contributed by atoms with Gasteiger partial charge in [0.1, 0.15) is 5.82 Å².